The number of carbonyl (C=O) groups is 1. The maximum absolute atomic E-state index is 11.2. The van der Waals surface area contributed by atoms with Crippen LogP contribution in [0.2, 0.25) is 0 Å². The van der Waals surface area contributed by atoms with Crippen LogP contribution in [0.5, 0.6) is 5.75 Å². The predicted molar refractivity (Wildman–Crippen MR) is 104 cm³/mol. The Morgan fingerprint density at radius 2 is 1.89 bits per heavy atom. The molecule has 0 saturated carbocycles. The summed E-state index contributed by atoms with van der Waals surface area (Å²) in [5.41, 5.74) is 3.72. The van der Waals surface area contributed by atoms with Gasteiger partial charge in [-0.15, -0.1) is 0 Å². The predicted octanol–water partition coefficient (Wildman–Crippen LogP) is 4.21. The molecule has 4 rings (SSSR count). The maximum atomic E-state index is 11.2. The van der Waals surface area contributed by atoms with E-state index in [1.165, 1.54) is 25.6 Å². The molecule has 0 radical (unpaired) electrons. The van der Waals surface area contributed by atoms with Crippen LogP contribution in [-0.4, -0.2) is 15.5 Å². The molecule has 27 heavy (non-hydrogen) atoms. The van der Waals surface area contributed by atoms with E-state index in [9.17, 15) is 4.79 Å². The summed E-state index contributed by atoms with van der Waals surface area (Å²) in [6.45, 7) is 2.45. The van der Waals surface area contributed by atoms with Gasteiger partial charge in [-0.25, -0.2) is 4.98 Å². The number of aromatic nitrogens is 2. The molecule has 4 nitrogen and oxygen atoms in total. The van der Waals surface area contributed by atoms with Gasteiger partial charge in [0.15, 0.2) is 0 Å². The molecule has 1 aliphatic rings. The summed E-state index contributed by atoms with van der Waals surface area (Å²) in [4.78, 5) is 16.0. The van der Waals surface area contributed by atoms with Gasteiger partial charge in [-0.3, -0.25) is 4.79 Å². The van der Waals surface area contributed by atoms with Gasteiger partial charge in [0.05, 0.1) is 11.3 Å². The van der Waals surface area contributed by atoms with Crippen molar-refractivity contribution in [2.75, 3.05) is 0 Å². The minimum Gasteiger partial charge on any atom is -0.425 e. The fourth-order valence-electron chi connectivity index (χ4n) is 3.23. The summed E-state index contributed by atoms with van der Waals surface area (Å²) in [6.07, 6.45) is 5.65. The van der Waals surface area contributed by atoms with Crippen molar-refractivity contribution in [3.05, 3.63) is 71.7 Å². The lowest BCUT2D eigenvalue weighted by molar-refractivity contribution is -0.131. The zero-order valence-electron chi connectivity index (χ0n) is 15.2. The van der Waals surface area contributed by atoms with Crippen LogP contribution in [0.1, 0.15) is 36.7 Å². The molecule has 1 aliphatic heterocycles. The Balaban J connectivity index is 1.55. The molecule has 1 aromatic heterocycles. The van der Waals surface area contributed by atoms with Gasteiger partial charge in [0.25, 0.3) is 0 Å². The Labute approximate surface area is 158 Å². The number of esters is 1. The number of imidazole rings is 1. The first-order valence-corrected chi connectivity index (χ1v) is 9.15. The molecule has 2 aromatic carbocycles. The molecule has 0 N–H and O–H groups in total. The summed E-state index contributed by atoms with van der Waals surface area (Å²) in [5.74, 6) is 7.54. The molecule has 134 valence electrons. The second-order valence-electron chi connectivity index (χ2n) is 6.61. The minimum atomic E-state index is -0.351. The highest BCUT2D eigenvalue weighted by Crippen LogP contribution is 2.23. The van der Waals surface area contributed by atoms with Crippen molar-refractivity contribution in [3.63, 3.8) is 0 Å². The third-order valence-corrected chi connectivity index (χ3v) is 4.57. The second-order valence-corrected chi connectivity index (χ2v) is 6.61. The second kappa shape index (κ2) is 7.51. The van der Waals surface area contributed by atoms with Crippen molar-refractivity contribution in [1.82, 2.24) is 9.55 Å². The Morgan fingerprint density at radius 3 is 2.67 bits per heavy atom. The molecule has 2 heterocycles. The summed E-state index contributed by atoms with van der Waals surface area (Å²) in [7, 11) is 0. The van der Waals surface area contributed by atoms with E-state index in [0.717, 1.165) is 29.8 Å². The monoisotopic (exact) mass is 356 g/mol. The highest BCUT2D eigenvalue weighted by Gasteiger charge is 2.12. The summed E-state index contributed by atoms with van der Waals surface area (Å²) in [5, 5.41) is 0. The largest absolute Gasteiger partial charge is 0.425 e. The minimum absolute atomic E-state index is 0.351. The molecule has 4 heteroatoms. The Bertz CT molecular complexity index is 1010. The molecule has 0 atom stereocenters. The third kappa shape index (κ3) is 3.93. The smallest absolute Gasteiger partial charge is 0.308 e. The van der Waals surface area contributed by atoms with E-state index >= 15 is 0 Å². The van der Waals surface area contributed by atoms with Gasteiger partial charge in [0.2, 0.25) is 0 Å². The van der Waals surface area contributed by atoms with Crippen LogP contribution in [0.25, 0.3) is 11.3 Å². The van der Waals surface area contributed by atoms with Gasteiger partial charge in [0, 0.05) is 37.2 Å². The number of para-hydroxylation sites is 1. The number of aryl methyl sites for hydroxylation is 2. The molecule has 0 bridgehead atoms. The number of fused-ring (bicyclic) bond motifs is 1. The van der Waals surface area contributed by atoms with E-state index < -0.39 is 0 Å². The Kier molecular flexibility index (Phi) is 4.76. The van der Waals surface area contributed by atoms with Gasteiger partial charge in [-0.2, -0.15) is 0 Å². The summed E-state index contributed by atoms with van der Waals surface area (Å²) >= 11 is 0. The SMILES string of the molecule is CC(=O)Oc1ccccc1C#Cc1ccc(-c2cn3c(n2)CCCC3)cc1. The molecular weight excluding hydrogens is 336 g/mol. The van der Waals surface area contributed by atoms with Crippen LogP contribution in [0.4, 0.5) is 0 Å². The van der Waals surface area contributed by atoms with Crippen LogP contribution in [0, 0.1) is 11.8 Å². The van der Waals surface area contributed by atoms with Crippen LogP contribution >= 0.6 is 0 Å². The zero-order valence-corrected chi connectivity index (χ0v) is 15.2. The standard InChI is InChI=1S/C23H20N2O2/c1-17(26)27-22-7-3-2-6-20(22)14-11-18-9-12-19(13-10-18)21-16-25-15-5-4-8-23(25)24-21/h2-3,6-7,9-10,12-13,16H,4-5,8,15H2,1H3. The highest BCUT2D eigenvalue weighted by atomic mass is 16.5. The van der Waals surface area contributed by atoms with Crippen LogP contribution < -0.4 is 4.74 Å². The number of ether oxygens (including phenoxy) is 1. The summed E-state index contributed by atoms with van der Waals surface area (Å²) < 4.78 is 7.46. The van der Waals surface area contributed by atoms with E-state index in [0.29, 0.717) is 11.3 Å². The fourth-order valence-corrected chi connectivity index (χ4v) is 3.23. The molecule has 0 fully saturated rings. The van der Waals surface area contributed by atoms with Gasteiger partial charge in [-0.1, -0.05) is 36.1 Å². The van der Waals surface area contributed by atoms with Gasteiger partial charge in [-0.05, 0) is 37.1 Å². The van der Waals surface area contributed by atoms with E-state index in [2.05, 4.69) is 34.7 Å². The van der Waals surface area contributed by atoms with Crippen molar-refractivity contribution < 1.29 is 9.53 Å². The van der Waals surface area contributed by atoms with Crippen molar-refractivity contribution in [1.29, 1.82) is 0 Å². The lowest BCUT2D eigenvalue weighted by Crippen LogP contribution is -2.08. The summed E-state index contributed by atoms with van der Waals surface area (Å²) in [6, 6.07) is 15.4. The first-order chi connectivity index (χ1) is 13.2. The number of hydrogen-bond donors (Lipinski definition) is 0. The normalized spacial score (nSPS) is 12.6. The van der Waals surface area contributed by atoms with Crippen LogP contribution in [0.3, 0.4) is 0 Å². The first kappa shape index (κ1) is 17.1. The number of nitrogens with zero attached hydrogens (tertiary/aromatic N) is 2. The van der Waals surface area contributed by atoms with E-state index in [1.807, 2.05) is 30.3 Å². The van der Waals surface area contributed by atoms with E-state index in [-0.39, 0.29) is 5.97 Å². The van der Waals surface area contributed by atoms with Gasteiger partial charge >= 0.3 is 5.97 Å². The average Bonchev–Trinajstić information content (AvgIpc) is 3.11. The Morgan fingerprint density at radius 1 is 1.07 bits per heavy atom. The quantitative estimate of drug-likeness (QED) is 0.392. The lowest BCUT2D eigenvalue weighted by Gasteiger charge is -2.11. The number of carbonyl (C=O) groups excluding carboxylic acids is 1. The molecule has 0 spiro atoms. The lowest BCUT2D eigenvalue weighted by atomic mass is 10.1. The maximum Gasteiger partial charge on any atom is 0.308 e. The first-order valence-electron chi connectivity index (χ1n) is 9.15. The molecule has 0 aliphatic carbocycles. The topological polar surface area (TPSA) is 44.1 Å². The van der Waals surface area contributed by atoms with Crippen LogP contribution in [0.15, 0.2) is 54.7 Å². The molecule has 3 aromatic rings. The number of benzene rings is 2. The van der Waals surface area contributed by atoms with E-state index in [4.69, 9.17) is 9.72 Å². The molecular formula is C23H20N2O2. The molecule has 0 amide bonds. The average molecular weight is 356 g/mol. The highest BCUT2D eigenvalue weighted by molar-refractivity contribution is 5.70. The van der Waals surface area contributed by atoms with Gasteiger partial charge < -0.3 is 9.30 Å². The molecule has 0 unspecified atom stereocenters. The fraction of sp³-hybridized carbons (Fsp3) is 0.217. The third-order valence-electron chi connectivity index (χ3n) is 4.57. The van der Waals surface area contributed by atoms with Crippen molar-refractivity contribution >= 4 is 5.97 Å². The van der Waals surface area contributed by atoms with Crippen molar-refractivity contribution in [2.45, 2.75) is 32.7 Å². The van der Waals surface area contributed by atoms with E-state index in [1.54, 1.807) is 6.07 Å². The van der Waals surface area contributed by atoms with Crippen molar-refractivity contribution in [2.24, 2.45) is 0 Å². The zero-order chi connectivity index (χ0) is 18.6. The number of hydrogen-bond acceptors (Lipinski definition) is 3. The van der Waals surface area contributed by atoms with Gasteiger partial charge in [0.1, 0.15) is 11.6 Å². The number of rotatable bonds is 2. The van der Waals surface area contributed by atoms with Crippen LogP contribution in [-0.2, 0) is 17.8 Å². The molecule has 0 saturated heterocycles. The Hall–Kier alpha value is -3.32. The van der Waals surface area contributed by atoms with Crippen molar-refractivity contribution in [3.8, 4) is 28.8 Å².